The molecule has 0 radical (unpaired) electrons. The summed E-state index contributed by atoms with van der Waals surface area (Å²) in [6, 6.07) is 3.29. The maximum atomic E-state index is 12.8. The summed E-state index contributed by atoms with van der Waals surface area (Å²) < 4.78 is 21.4. The van der Waals surface area contributed by atoms with Crippen LogP contribution in [-0.2, 0) is 9.53 Å². The van der Waals surface area contributed by atoms with Crippen molar-refractivity contribution in [3.63, 3.8) is 0 Å². The van der Waals surface area contributed by atoms with Crippen molar-refractivity contribution in [1.29, 1.82) is 0 Å². The van der Waals surface area contributed by atoms with E-state index < -0.39 is 29.1 Å². The number of hydrogen-bond donors (Lipinski definition) is 3. The van der Waals surface area contributed by atoms with Gasteiger partial charge in [0, 0.05) is 11.6 Å². The minimum absolute atomic E-state index is 0.152. The van der Waals surface area contributed by atoms with Gasteiger partial charge in [0.25, 0.3) is 5.56 Å². The van der Waals surface area contributed by atoms with Crippen LogP contribution in [-0.4, -0.2) is 43.9 Å². The first-order chi connectivity index (χ1) is 14.4. The first-order valence-electron chi connectivity index (χ1n) is 9.15. The average molecular weight is 417 g/mol. The molecule has 2 aromatic rings. The lowest BCUT2D eigenvalue weighted by Gasteiger charge is -2.34. The van der Waals surface area contributed by atoms with E-state index in [1.807, 2.05) is 0 Å². The number of carbonyl (C=O) groups is 1. The number of aromatic nitrogens is 2. The zero-order chi connectivity index (χ0) is 22.0. The van der Waals surface area contributed by atoms with Gasteiger partial charge in [-0.15, -0.1) is 0 Å². The summed E-state index contributed by atoms with van der Waals surface area (Å²) in [5.74, 6) is -1.12. The number of H-pyrrole nitrogens is 2. The minimum Gasteiger partial charge on any atom is -0.493 e. The van der Waals surface area contributed by atoms with Crippen molar-refractivity contribution in [2.24, 2.45) is 5.92 Å². The van der Waals surface area contributed by atoms with Crippen LogP contribution in [0.15, 0.2) is 34.0 Å². The van der Waals surface area contributed by atoms with Crippen LogP contribution in [0.2, 0.25) is 0 Å². The van der Waals surface area contributed by atoms with Gasteiger partial charge in [0.15, 0.2) is 11.5 Å². The van der Waals surface area contributed by atoms with E-state index in [1.165, 1.54) is 21.3 Å². The first kappa shape index (κ1) is 21.0. The Hall–Kier alpha value is -3.69. The normalized spacial score (nSPS) is 17.5. The molecule has 1 aromatic carbocycles. The number of nitrogens with one attached hydrogen (secondary N) is 3. The van der Waals surface area contributed by atoms with Crippen LogP contribution in [0.1, 0.15) is 24.0 Å². The van der Waals surface area contributed by atoms with Crippen LogP contribution in [0, 0.1) is 5.92 Å². The summed E-state index contributed by atoms with van der Waals surface area (Å²) in [5, 5.41) is 2.85. The number of ether oxygens (including phenoxy) is 4. The van der Waals surface area contributed by atoms with Crippen LogP contribution < -0.4 is 30.8 Å². The summed E-state index contributed by atoms with van der Waals surface area (Å²) in [5.41, 5.74) is -0.363. The van der Waals surface area contributed by atoms with Crippen molar-refractivity contribution in [3.8, 4) is 17.2 Å². The summed E-state index contributed by atoms with van der Waals surface area (Å²) in [7, 11) is 4.39. The molecule has 10 heteroatoms. The Kier molecular flexibility index (Phi) is 5.86. The molecular weight excluding hydrogens is 394 g/mol. The second-order valence-electron chi connectivity index (χ2n) is 6.51. The molecule has 2 unspecified atom stereocenters. The molecule has 2 atom stereocenters. The molecule has 1 aliphatic heterocycles. The smallest absolute Gasteiger partial charge is 0.327 e. The lowest BCUT2D eigenvalue weighted by atomic mass is 9.77. The maximum absolute atomic E-state index is 12.8. The van der Waals surface area contributed by atoms with Crippen molar-refractivity contribution < 1.29 is 23.7 Å². The van der Waals surface area contributed by atoms with Crippen molar-refractivity contribution in [2.75, 3.05) is 33.3 Å². The van der Waals surface area contributed by atoms with Gasteiger partial charge in [-0.05, 0) is 24.6 Å². The van der Waals surface area contributed by atoms with Gasteiger partial charge in [0.05, 0.1) is 33.5 Å². The molecule has 0 bridgehead atoms. The van der Waals surface area contributed by atoms with Crippen molar-refractivity contribution in [2.45, 2.75) is 12.8 Å². The fraction of sp³-hybridized carbons (Fsp3) is 0.350. The molecule has 0 saturated carbocycles. The molecule has 10 nitrogen and oxygen atoms in total. The quantitative estimate of drug-likeness (QED) is 0.600. The predicted octanol–water partition coefficient (Wildman–Crippen LogP) is 1.34. The standard InChI is InChI=1S/C20H23N3O7/c1-6-30-19(25)13-9(2)21-17-15(18(24)23-20(26)22-17)14(13)10-7-11(27-3)16(29-5)12(8-10)28-4/h7-8,13-14H,2,6H2,1,3-5H3,(H3,21,22,23,24,26). The molecule has 0 saturated heterocycles. The topological polar surface area (TPSA) is 132 Å². The number of anilines is 1. The van der Waals surface area contributed by atoms with Gasteiger partial charge in [0.1, 0.15) is 11.7 Å². The van der Waals surface area contributed by atoms with Gasteiger partial charge in [-0.25, -0.2) is 4.79 Å². The molecular formula is C20H23N3O7. The van der Waals surface area contributed by atoms with Crippen LogP contribution in [0.5, 0.6) is 17.2 Å². The molecule has 3 N–H and O–H groups in total. The number of rotatable bonds is 6. The highest BCUT2D eigenvalue weighted by molar-refractivity contribution is 5.81. The van der Waals surface area contributed by atoms with E-state index in [2.05, 4.69) is 21.9 Å². The summed E-state index contributed by atoms with van der Waals surface area (Å²) in [6.07, 6.45) is 0. The Morgan fingerprint density at radius 3 is 2.23 bits per heavy atom. The van der Waals surface area contributed by atoms with Crippen molar-refractivity contribution in [1.82, 2.24) is 9.97 Å². The summed E-state index contributed by atoms with van der Waals surface area (Å²) in [6.45, 7) is 5.75. The molecule has 3 rings (SSSR count). The zero-order valence-electron chi connectivity index (χ0n) is 17.1. The fourth-order valence-electron chi connectivity index (χ4n) is 3.65. The number of esters is 1. The third kappa shape index (κ3) is 3.51. The third-order valence-electron chi connectivity index (χ3n) is 4.87. The monoisotopic (exact) mass is 417 g/mol. The van der Waals surface area contributed by atoms with Gasteiger partial charge in [-0.2, -0.15) is 0 Å². The Bertz CT molecular complexity index is 1080. The predicted molar refractivity (Wildman–Crippen MR) is 109 cm³/mol. The highest BCUT2D eigenvalue weighted by atomic mass is 16.5. The van der Waals surface area contributed by atoms with Crippen LogP contribution in [0.4, 0.5) is 5.82 Å². The lowest BCUT2D eigenvalue weighted by Crippen LogP contribution is -2.40. The number of aromatic amines is 2. The molecule has 0 amide bonds. The number of carbonyl (C=O) groups excluding carboxylic acids is 1. The van der Waals surface area contributed by atoms with Gasteiger partial charge < -0.3 is 24.3 Å². The van der Waals surface area contributed by atoms with Gasteiger partial charge in [-0.1, -0.05) is 6.58 Å². The first-order valence-corrected chi connectivity index (χ1v) is 9.15. The lowest BCUT2D eigenvalue weighted by molar-refractivity contribution is -0.147. The highest BCUT2D eigenvalue weighted by Gasteiger charge is 2.42. The highest BCUT2D eigenvalue weighted by Crippen LogP contribution is 2.46. The number of benzene rings is 1. The fourth-order valence-corrected chi connectivity index (χ4v) is 3.65. The maximum Gasteiger partial charge on any atom is 0.327 e. The Balaban J connectivity index is 2.33. The van der Waals surface area contributed by atoms with E-state index in [9.17, 15) is 14.4 Å². The molecule has 1 aliphatic rings. The number of fused-ring (bicyclic) bond motifs is 1. The van der Waals surface area contributed by atoms with Gasteiger partial charge in [-0.3, -0.25) is 19.6 Å². The number of methoxy groups -OCH3 is 3. The Labute approximate surface area is 171 Å². The molecule has 1 aromatic heterocycles. The van der Waals surface area contributed by atoms with E-state index in [1.54, 1.807) is 19.1 Å². The zero-order valence-corrected chi connectivity index (χ0v) is 17.1. The molecule has 160 valence electrons. The largest absolute Gasteiger partial charge is 0.493 e. The van der Waals surface area contributed by atoms with Crippen molar-refractivity contribution in [3.05, 3.63) is 56.4 Å². The van der Waals surface area contributed by atoms with Crippen molar-refractivity contribution >= 4 is 11.8 Å². The van der Waals surface area contributed by atoms with Gasteiger partial charge in [0.2, 0.25) is 5.75 Å². The summed E-state index contributed by atoms with van der Waals surface area (Å²) in [4.78, 5) is 42.1. The molecule has 0 spiro atoms. The van der Waals surface area contributed by atoms with E-state index in [0.29, 0.717) is 22.8 Å². The Morgan fingerprint density at radius 1 is 1.07 bits per heavy atom. The van der Waals surface area contributed by atoms with Crippen LogP contribution in [0.25, 0.3) is 0 Å². The Morgan fingerprint density at radius 2 is 1.70 bits per heavy atom. The minimum atomic E-state index is -0.938. The van der Waals surface area contributed by atoms with Gasteiger partial charge >= 0.3 is 11.7 Å². The van der Waals surface area contributed by atoms with Crippen LogP contribution in [0.3, 0.4) is 0 Å². The molecule has 30 heavy (non-hydrogen) atoms. The summed E-state index contributed by atoms with van der Waals surface area (Å²) >= 11 is 0. The second-order valence-corrected chi connectivity index (χ2v) is 6.51. The molecule has 0 aliphatic carbocycles. The van der Waals surface area contributed by atoms with E-state index >= 15 is 0 Å². The van der Waals surface area contributed by atoms with E-state index in [0.717, 1.165) is 0 Å². The number of hydrogen-bond acceptors (Lipinski definition) is 8. The van der Waals surface area contributed by atoms with Crippen LogP contribution >= 0.6 is 0 Å². The van der Waals surface area contributed by atoms with E-state index in [4.69, 9.17) is 18.9 Å². The average Bonchev–Trinajstić information content (AvgIpc) is 2.71. The molecule has 0 fully saturated rings. The van der Waals surface area contributed by atoms with E-state index in [-0.39, 0.29) is 23.7 Å². The second kappa shape index (κ2) is 8.36. The third-order valence-corrected chi connectivity index (χ3v) is 4.87. The SMILES string of the molecule is C=C1Nc2[nH]c(=O)[nH]c(=O)c2C(c2cc(OC)c(OC)c(OC)c2)C1C(=O)OCC. The molecule has 2 heterocycles.